The molecule has 0 aliphatic carbocycles. The number of hydrogen-bond donors (Lipinski definition) is 1. The van der Waals surface area contributed by atoms with Crippen LogP contribution in [-0.4, -0.2) is 28.6 Å². The quantitative estimate of drug-likeness (QED) is 0.377. The van der Waals surface area contributed by atoms with E-state index in [1.807, 2.05) is 0 Å². The van der Waals surface area contributed by atoms with Crippen molar-refractivity contribution in [3.63, 3.8) is 0 Å². The van der Waals surface area contributed by atoms with Crippen molar-refractivity contribution in [2.24, 2.45) is 5.10 Å². The molecule has 2 rings (SSSR count). The van der Waals surface area contributed by atoms with E-state index in [9.17, 15) is 14.9 Å². The molecule has 0 bridgehead atoms. The van der Waals surface area contributed by atoms with Gasteiger partial charge >= 0.3 is 0 Å². The fourth-order valence-electron chi connectivity index (χ4n) is 1.73. The number of hydrazone groups is 1. The van der Waals surface area contributed by atoms with Crippen LogP contribution in [-0.2, 0) is 0 Å². The monoisotopic (exact) mass is 324 g/mol. The number of pyridine rings is 1. The molecular formula is C16H12N4O4. The Morgan fingerprint density at radius 3 is 2.83 bits per heavy atom. The van der Waals surface area contributed by atoms with Crippen LogP contribution in [0.1, 0.15) is 15.9 Å². The van der Waals surface area contributed by atoms with Crippen LogP contribution in [0.4, 0.5) is 5.69 Å². The molecule has 1 N–H and O–H groups in total. The molecule has 0 saturated carbocycles. The number of aromatic nitrogens is 1. The lowest BCUT2D eigenvalue weighted by Gasteiger charge is -2.06. The third-order valence-electron chi connectivity index (χ3n) is 2.83. The van der Waals surface area contributed by atoms with Crippen molar-refractivity contribution in [3.05, 3.63) is 64.0 Å². The summed E-state index contributed by atoms with van der Waals surface area (Å²) < 4.78 is 5.29. The fourth-order valence-corrected chi connectivity index (χ4v) is 1.73. The van der Waals surface area contributed by atoms with Gasteiger partial charge in [0.2, 0.25) is 0 Å². The molecule has 0 aliphatic rings. The molecule has 0 unspecified atom stereocenters. The van der Waals surface area contributed by atoms with Gasteiger partial charge in [-0.3, -0.25) is 19.9 Å². The lowest BCUT2D eigenvalue weighted by Crippen LogP contribution is -2.17. The summed E-state index contributed by atoms with van der Waals surface area (Å²) in [4.78, 5) is 26.0. The molecule has 2 aromatic rings. The number of rotatable bonds is 6. The number of carbonyl (C=O) groups excluding carboxylic acids is 1. The van der Waals surface area contributed by atoms with Gasteiger partial charge in [-0.25, -0.2) is 5.43 Å². The van der Waals surface area contributed by atoms with Crippen LogP contribution in [0.2, 0.25) is 0 Å². The topological polar surface area (TPSA) is 107 Å². The molecule has 0 radical (unpaired) electrons. The Morgan fingerprint density at radius 2 is 2.17 bits per heavy atom. The number of hydrogen-bond acceptors (Lipinski definition) is 6. The first-order chi connectivity index (χ1) is 11.6. The largest absolute Gasteiger partial charge is 0.480 e. The van der Waals surface area contributed by atoms with E-state index in [1.54, 1.807) is 0 Å². The predicted octanol–water partition coefficient (Wildman–Crippen LogP) is 1.77. The van der Waals surface area contributed by atoms with Gasteiger partial charge in [0.05, 0.1) is 11.1 Å². The van der Waals surface area contributed by atoms with Crippen molar-refractivity contribution in [2.75, 3.05) is 6.61 Å². The maximum Gasteiger partial charge on any atom is 0.271 e. The third-order valence-corrected chi connectivity index (χ3v) is 2.83. The van der Waals surface area contributed by atoms with Crippen molar-refractivity contribution in [2.45, 2.75) is 0 Å². The van der Waals surface area contributed by atoms with Gasteiger partial charge in [-0.1, -0.05) is 5.92 Å². The van der Waals surface area contributed by atoms with Crippen molar-refractivity contribution in [1.29, 1.82) is 0 Å². The van der Waals surface area contributed by atoms with Crippen molar-refractivity contribution >= 4 is 17.8 Å². The number of ether oxygens (including phenoxy) is 1. The second-order valence-corrected chi connectivity index (χ2v) is 4.41. The second kappa shape index (κ2) is 8.05. The van der Waals surface area contributed by atoms with Gasteiger partial charge in [-0.2, -0.15) is 5.10 Å². The normalized spacial score (nSPS) is 10.1. The molecule has 1 heterocycles. The number of nitro benzene ring substituents is 1. The van der Waals surface area contributed by atoms with Crippen molar-refractivity contribution in [3.8, 4) is 18.1 Å². The number of carbonyl (C=O) groups is 1. The highest BCUT2D eigenvalue weighted by Crippen LogP contribution is 2.22. The van der Waals surface area contributed by atoms with Gasteiger partial charge < -0.3 is 4.74 Å². The average molecular weight is 324 g/mol. The molecule has 120 valence electrons. The van der Waals surface area contributed by atoms with Gasteiger partial charge in [0, 0.05) is 35.7 Å². The number of nitro groups is 1. The molecule has 0 fully saturated rings. The highest BCUT2D eigenvalue weighted by atomic mass is 16.6. The molecule has 0 saturated heterocycles. The smallest absolute Gasteiger partial charge is 0.271 e. The average Bonchev–Trinajstić information content (AvgIpc) is 2.61. The van der Waals surface area contributed by atoms with Crippen LogP contribution in [0, 0.1) is 22.5 Å². The zero-order valence-electron chi connectivity index (χ0n) is 12.4. The lowest BCUT2D eigenvalue weighted by molar-refractivity contribution is -0.384. The predicted molar refractivity (Wildman–Crippen MR) is 86.7 cm³/mol. The minimum Gasteiger partial charge on any atom is -0.480 e. The summed E-state index contributed by atoms with van der Waals surface area (Å²) in [5, 5.41) is 14.6. The first-order valence-electron chi connectivity index (χ1n) is 6.70. The Morgan fingerprint density at radius 1 is 1.42 bits per heavy atom. The molecule has 24 heavy (non-hydrogen) atoms. The maximum atomic E-state index is 11.8. The molecular weight excluding hydrogens is 312 g/mol. The van der Waals surface area contributed by atoms with Gasteiger partial charge in [0.15, 0.2) is 0 Å². The first-order valence-corrected chi connectivity index (χ1v) is 6.70. The van der Waals surface area contributed by atoms with E-state index in [-0.39, 0.29) is 12.3 Å². The van der Waals surface area contributed by atoms with Crippen LogP contribution in [0.15, 0.2) is 47.8 Å². The molecule has 0 aliphatic heterocycles. The standard InChI is InChI=1S/C16H12N4O4/c1-2-9-24-15-4-3-14(20(22)23)10-13(15)11-18-19-16(21)12-5-7-17-8-6-12/h1,3-8,10-11H,9H2,(H,19,21)/b18-11+. The van der Waals surface area contributed by atoms with Crippen molar-refractivity contribution in [1.82, 2.24) is 10.4 Å². The Hall–Kier alpha value is -3.73. The SMILES string of the molecule is C#CCOc1ccc([N+](=O)[O-])cc1/C=N/NC(=O)c1ccncc1. The molecule has 8 nitrogen and oxygen atoms in total. The van der Waals surface area contributed by atoms with Crippen LogP contribution < -0.4 is 10.2 Å². The number of non-ortho nitro benzene ring substituents is 1. The molecule has 8 heteroatoms. The Bertz CT molecular complexity index is 813. The summed E-state index contributed by atoms with van der Waals surface area (Å²) in [5.41, 5.74) is 2.88. The summed E-state index contributed by atoms with van der Waals surface area (Å²) >= 11 is 0. The number of amides is 1. The first kappa shape index (κ1) is 16.6. The fraction of sp³-hybridized carbons (Fsp3) is 0.0625. The van der Waals surface area contributed by atoms with E-state index in [4.69, 9.17) is 11.2 Å². The van der Waals surface area contributed by atoms with Gasteiger partial charge in [-0.15, -0.1) is 6.42 Å². The molecule has 1 aromatic carbocycles. The van der Waals surface area contributed by atoms with Crippen LogP contribution in [0.5, 0.6) is 5.75 Å². The Kier molecular flexibility index (Phi) is 5.58. The van der Waals surface area contributed by atoms with Crippen LogP contribution >= 0.6 is 0 Å². The molecule has 1 aromatic heterocycles. The minimum atomic E-state index is -0.544. The zero-order chi connectivity index (χ0) is 17.4. The van der Waals surface area contributed by atoms with Crippen LogP contribution in [0.25, 0.3) is 0 Å². The van der Waals surface area contributed by atoms with E-state index < -0.39 is 10.8 Å². The van der Waals surface area contributed by atoms with Gasteiger partial charge in [-0.05, 0) is 18.2 Å². The zero-order valence-corrected chi connectivity index (χ0v) is 12.4. The van der Waals surface area contributed by atoms with E-state index >= 15 is 0 Å². The Balaban J connectivity index is 2.17. The summed E-state index contributed by atoms with van der Waals surface area (Å²) in [6.45, 7) is 0.00201. The molecule has 0 spiro atoms. The third kappa shape index (κ3) is 4.38. The molecule has 1 amide bonds. The highest BCUT2D eigenvalue weighted by molar-refractivity contribution is 5.95. The van der Waals surface area contributed by atoms with E-state index in [0.29, 0.717) is 16.9 Å². The number of nitrogens with zero attached hydrogens (tertiary/aromatic N) is 3. The highest BCUT2D eigenvalue weighted by Gasteiger charge is 2.11. The summed E-state index contributed by atoms with van der Waals surface area (Å²) in [7, 11) is 0. The van der Waals surface area contributed by atoms with E-state index in [1.165, 1.54) is 48.9 Å². The second-order valence-electron chi connectivity index (χ2n) is 4.41. The summed E-state index contributed by atoms with van der Waals surface area (Å²) in [5.74, 6) is 2.18. The van der Waals surface area contributed by atoms with Gasteiger partial charge in [0.1, 0.15) is 12.4 Å². The number of nitrogens with one attached hydrogen (secondary N) is 1. The van der Waals surface area contributed by atoms with E-state index in [2.05, 4.69) is 21.4 Å². The van der Waals surface area contributed by atoms with Crippen molar-refractivity contribution < 1.29 is 14.5 Å². The maximum absolute atomic E-state index is 11.8. The minimum absolute atomic E-state index is 0.00201. The number of benzene rings is 1. The van der Waals surface area contributed by atoms with Crippen LogP contribution in [0.3, 0.4) is 0 Å². The van der Waals surface area contributed by atoms with Gasteiger partial charge in [0.25, 0.3) is 11.6 Å². The summed E-state index contributed by atoms with van der Waals surface area (Å²) in [6.07, 6.45) is 9.33. The number of terminal acetylenes is 1. The summed E-state index contributed by atoms with van der Waals surface area (Å²) in [6, 6.07) is 7.04. The molecule has 0 atom stereocenters. The van der Waals surface area contributed by atoms with E-state index in [0.717, 1.165) is 0 Å². The lowest BCUT2D eigenvalue weighted by atomic mass is 10.2. The Labute approximate surface area is 137 Å².